The van der Waals surface area contributed by atoms with Gasteiger partial charge in [0.25, 0.3) is 5.91 Å². The molecule has 1 amide bonds. The molecule has 0 radical (unpaired) electrons. The minimum atomic E-state index is -0.276. The van der Waals surface area contributed by atoms with E-state index in [1.165, 1.54) is 6.20 Å². The average Bonchev–Trinajstić information content (AvgIpc) is 2.86. The van der Waals surface area contributed by atoms with E-state index in [-0.39, 0.29) is 5.91 Å². The number of halogens is 1. The fraction of sp³-hybridized carbons (Fsp3) is 0. The predicted octanol–water partition coefficient (Wildman–Crippen LogP) is 2.33. The molecule has 6 nitrogen and oxygen atoms in total. The number of carbonyl (C=O) groups excluding carboxylic acids is 1. The van der Waals surface area contributed by atoms with Crippen LogP contribution in [0, 0.1) is 0 Å². The molecule has 0 saturated heterocycles. The number of hydrogen-bond acceptors (Lipinski definition) is 4. The average molecular weight is 332 g/mol. The van der Waals surface area contributed by atoms with Crippen molar-refractivity contribution in [3.8, 4) is 0 Å². The first-order valence-corrected chi connectivity index (χ1v) is 6.58. The molecule has 0 saturated carbocycles. The number of benzene rings is 1. The Hall–Kier alpha value is -2.41. The molecular weight excluding hydrogens is 322 g/mol. The van der Waals surface area contributed by atoms with Crippen LogP contribution in [-0.2, 0) is 0 Å². The third-order valence-electron chi connectivity index (χ3n) is 2.83. The van der Waals surface area contributed by atoms with E-state index in [2.05, 4.69) is 31.3 Å². The molecule has 0 atom stereocenters. The molecule has 0 aliphatic heterocycles. The second-order valence-electron chi connectivity index (χ2n) is 4.15. The lowest BCUT2D eigenvalue weighted by molar-refractivity contribution is 0.102. The molecule has 2 aromatic heterocycles. The zero-order chi connectivity index (χ0) is 14.1. The molecule has 0 bridgehead atoms. The number of nitrogens with two attached hydrogens (primary N) is 1. The summed E-state index contributed by atoms with van der Waals surface area (Å²) in [5, 5.41) is 6.86. The number of nitrogen functional groups attached to an aromatic ring is 1. The van der Waals surface area contributed by atoms with Crippen LogP contribution in [0.5, 0.6) is 0 Å². The lowest BCUT2D eigenvalue weighted by Crippen LogP contribution is -2.13. The van der Waals surface area contributed by atoms with E-state index < -0.39 is 0 Å². The van der Waals surface area contributed by atoms with Crippen molar-refractivity contribution in [3.05, 3.63) is 53.0 Å². The van der Waals surface area contributed by atoms with Crippen molar-refractivity contribution in [2.24, 2.45) is 0 Å². The van der Waals surface area contributed by atoms with Gasteiger partial charge in [-0.3, -0.25) is 9.78 Å². The number of fused-ring (bicyclic) bond motifs is 1. The van der Waals surface area contributed by atoms with E-state index in [1.54, 1.807) is 35.2 Å². The molecule has 0 aliphatic carbocycles. The quantitative estimate of drug-likeness (QED) is 0.705. The van der Waals surface area contributed by atoms with E-state index in [4.69, 9.17) is 5.73 Å². The van der Waals surface area contributed by atoms with Gasteiger partial charge in [0.15, 0.2) is 0 Å². The predicted molar refractivity (Wildman–Crippen MR) is 79.5 cm³/mol. The van der Waals surface area contributed by atoms with Gasteiger partial charge in [-0.05, 0) is 18.2 Å². The van der Waals surface area contributed by atoms with Gasteiger partial charge in [0.2, 0.25) is 0 Å². The van der Waals surface area contributed by atoms with Gasteiger partial charge in [0.05, 0.1) is 34.8 Å². The summed E-state index contributed by atoms with van der Waals surface area (Å²) in [4.78, 5) is 16.3. The molecule has 0 fully saturated rings. The third-order valence-corrected chi connectivity index (χ3v) is 3.32. The summed E-state index contributed by atoms with van der Waals surface area (Å²) in [5.74, 6) is -0.276. The van der Waals surface area contributed by atoms with E-state index in [0.717, 1.165) is 4.47 Å². The molecule has 0 unspecified atom stereocenters. The van der Waals surface area contributed by atoms with Crippen LogP contribution >= 0.6 is 15.9 Å². The second-order valence-corrected chi connectivity index (χ2v) is 5.07. The Balaban J connectivity index is 1.93. The van der Waals surface area contributed by atoms with Crippen LogP contribution in [0.2, 0.25) is 0 Å². The highest BCUT2D eigenvalue weighted by molar-refractivity contribution is 9.10. The summed E-state index contributed by atoms with van der Waals surface area (Å²) in [6, 6.07) is 5.28. The molecule has 0 spiro atoms. The molecule has 20 heavy (non-hydrogen) atoms. The zero-order valence-corrected chi connectivity index (χ0v) is 11.8. The van der Waals surface area contributed by atoms with Crippen molar-refractivity contribution >= 4 is 38.7 Å². The summed E-state index contributed by atoms with van der Waals surface area (Å²) in [6.07, 6.45) is 6.38. The summed E-state index contributed by atoms with van der Waals surface area (Å²) < 4.78 is 2.44. The van der Waals surface area contributed by atoms with Crippen LogP contribution < -0.4 is 11.1 Å². The highest BCUT2D eigenvalue weighted by Crippen LogP contribution is 2.24. The molecular formula is C13H10BrN5O. The third kappa shape index (κ3) is 2.23. The van der Waals surface area contributed by atoms with Gasteiger partial charge >= 0.3 is 0 Å². The van der Waals surface area contributed by atoms with Crippen LogP contribution in [0.1, 0.15) is 10.4 Å². The Morgan fingerprint density at radius 3 is 3.00 bits per heavy atom. The van der Waals surface area contributed by atoms with Gasteiger partial charge in [-0.15, -0.1) is 0 Å². The zero-order valence-electron chi connectivity index (χ0n) is 10.2. The number of nitrogens with one attached hydrogen (secondary N) is 1. The van der Waals surface area contributed by atoms with Gasteiger partial charge in [-0.1, -0.05) is 15.9 Å². The Morgan fingerprint density at radius 1 is 1.35 bits per heavy atom. The number of aromatic nitrogens is 3. The van der Waals surface area contributed by atoms with Crippen LogP contribution in [0.4, 0.5) is 11.4 Å². The standard InChI is InChI=1S/C13H10BrN5O/c14-8-1-2-11(10(15)5-8)18-13(20)9-6-17-19-4-3-16-7-12(9)19/h1-7H,15H2,(H,18,20). The highest BCUT2D eigenvalue weighted by Gasteiger charge is 2.13. The normalized spacial score (nSPS) is 10.7. The smallest absolute Gasteiger partial charge is 0.259 e. The fourth-order valence-corrected chi connectivity index (χ4v) is 2.23. The highest BCUT2D eigenvalue weighted by atomic mass is 79.9. The largest absolute Gasteiger partial charge is 0.397 e. The van der Waals surface area contributed by atoms with Gasteiger partial charge in [0, 0.05) is 16.9 Å². The monoisotopic (exact) mass is 331 g/mol. The Bertz CT molecular complexity index is 798. The number of carbonyl (C=O) groups is 1. The van der Waals surface area contributed by atoms with Crippen molar-refractivity contribution in [2.45, 2.75) is 0 Å². The van der Waals surface area contributed by atoms with Gasteiger partial charge < -0.3 is 11.1 Å². The SMILES string of the molecule is Nc1cc(Br)ccc1NC(=O)c1cnn2ccncc12. The van der Waals surface area contributed by atoms with Crippen molar-refractivity contribution < 1.29 is 4.79 Å². The van der Waals surface area contributed by atoms with Crippen molar-refractivity contribution in [1.82, 2.24) is 14.6 Å². The Morgan fingerprint density at radius 2 is 2.20 bits per heavy atom. The summed E-state index contributed by atoms with van der Waals surface area (Å²) >= 11 is 3.32. The topological polar surface area (TPSA) is 85.3 Å². The van der Waals surface area contributed by atoms with Crippen LogP contribution in [0.25, 0.3) is 5.52 Å². The summed E-state index contributed by atoms with van der Waals surface area (Å²) in [6.45, 7) is 0. The molecule has 3 N–H and O–H groups in total. The number of amides is 1. The summed E-state index contributed by atoms with van der Waals surface area (Å²) in [7, 11) is 0. The first kappa shape index (κ1) is 12.6. The van der Waals surface area contributed by atoms with Crippen LogP contribution in [-0.4, -0.2) is 20.5 Å². The van der Waals surface area contributed by atoms with Gasteiger partial charge in [-0.25, -0.2) is 4.52 Å². The molecule has 2 heterocycles. The molecule has 1 aromatic carbocycles. The van der Waals surface area contributed by atoms with Gasteiger partial charge in [0.1, 0.15) is 0 Å². The molecule has 3 rings (SSSR count). The van der Waals surface area contributed by atoms with Crippen molar-refractivity contribution in [1.29, 1.82) is 0 Å². The van der Waals surface area contributed by atoms with Crippen molar-refractivity contribution in [2.75, 3.05) is 11.1 Å². The maximum absolute atomic E-state index is 12.3. The fourth-order valence-electron chi connectivity index (χ4n) is 1.85. The Labute approximate surface area is 122 Å². The second kappa shape index (κ2) is 4.93. The van der Waals surface area contributed by atoms with E-state index in [9.17, 15) is 4.79 Å². The molecule has 100 valence electrons. The first-order chi connectivity index (χ1) is 9.65. The number of anilines is 2. The summed E-state index contributed by atoms with van der Waals surface area (Å²) in [5.41, 5.74) is 7.99. The number of hydrogen-bond donors (Lipinski definition) is 2. The van der Waals surface area contributed by atoms with E-state index in [0.29, 0.717) is 22.5 Å². The number of nitrogens with zero attached hydrogens (tertiary/aromatic N) is 3. The van der Waals surface area contributed by atoms with Crippen molar-refractivity contribution in [3.63, 3.8) is 0 Å². The molecule has 0 aliphatic rings. The van der Waals surface area contributed by atoms with Crippen LogP contribution in [0.3, 0.4) is 0 Å². The maximum Gasteiger partial charge on any atom is 0.259 e. The lowest BCUT2D eigenvalue weighted by Gasteiger charge is -2.07. The lowest BCUT2D eigenvalue weighted by atomic mass is 10.2. The maximum atomic E-state index is 12.3. The minimum Gasteiger partial charge on any atom is -0.397 e. The van der Waals surface area contributed by atoms with Crippen LogP contribution in [0.15, 0.2) is 47.5 Å². The molecule has 3 aromatic rings. The molecule has 7 heteroatoms. The van der Waals surface area contributed by atoms with E-state index in [1.807, 2.05) is 6.07 Å². The minimum absolute atomic E-state index is 0.276. The van der Waals surface area contributed by atoms with E-state index >= 15 is 0 Å². The Kier molecular flexibility index (Phi) is 3.11. The number of rotatable bonds is 2. The van der Waals surface area contributed by atoms with Gasteiger partial charge in [-0.2, -0.15) is 5.10 Å². The first-order valence-electron chi connectivity index (χ1n) is 5.79.